The fourth-order valence-electron chi connectivity index (χ4n) is 4.68. The molecule has 3 heterocycles. The summed E-state index contributed by atoms with van der Waals surface area (Å²) >= 11 is 1.82. The van der Waals surface area contributed by atoms with Gasteiger partial charge in [0.25, 0.3) is 0 Å². The zero-order valence-corrected chi connectivity index (χ0v) is 20.8. The monoisotopic (exact) mass is 477 g/mol. The summed E-state index contributed by atoms with van der Waals surface area (Å²) in [6.07, 6.45) is 15.8. The Morgan fingerprint density at radius 3 is 2.78 bits per heavy atom. The first kappa shape index (κ1) is 23.4. The summed E-state index contributed by atoms with van der Waals surface area (Å²) in [4.78, 5) is 24.0. The first-order valence-electron chi connectivity index (χ1n) is 11.8. The molecule has 1 N–H and O–H groups in total. The molecule has 0 bridgehead atoms. The van der Waals surface area contributed by atoms with Crippen LogP contribution in [0, 0.1) is 0 Å². The van der Waals surface area contributed by atoms with Crippen LogP contribution in [0.2, 0.25) is 0 Å². The predicted octanol–water partition coefficient (Wildman–Crippen LogP) is 4.71. The van der Waals surface area contributed by atoms with Gasteiger partial charge in [-0.1, -0.05) is 37.9 Å². The van der Waals surface area contributed by atoms with Crippen LogP contribution in [0.25, 0.3) is 0 Å². The summed E-state index contributed by atoms with van der Waals surface area (Å²) in [5, 5.41) is 8.06. The van der Waals surface area contributed by atoms with E-state index in [4.69, 9.17) is 9.73 Å². The third-order valence-electron chi connectivity index (χ3n) is 6.37. The van der Waals surface area contributed by atoms with Gasteiger partial charge in [0.1, 0.15) is 21.9 Å². The minimum Gasteiger partial charge on any atom is -0.465 e. The number of thioether (sulfide) groups is 1. The molecular weight excluding hydrogens is 442 g/mol. The largest absolute Gasteiger partial charge is 0.465 e. The smallest absolute Gasteiger partial charge is 0.345 e. The summed E-state index contributed by atoms with van der Waals surface area (Å²) in [6.45, 7) is 3.09. The van der Waals surface area contributed by atoms with Crippen molar-refractivity contribution in [3.05, 3.63) is 34.2 Å². The van der Waals surface area contributed by atoms with Crippen molar-refractivity contribution in [1.82, 2.24) is 20.1 Å². The molecule has 1 aromatic rings. The third-order valence-corrected chi connectivity index (χ3v) is 10.4. The molecule has 1 aromatic heterocycles. The van der Waals surface area contributed by atoms with E-state index in [2.05, 4.69) is 28.4 Å². The number of nitrogens with zero attached hydrogens (tertiary/aromatic N) is 4. The predicted molar refractivity (Wildman–Crippen MR) is 134 cm³/mol. The highest BCUT2D eigenvalue weighted by atomic mass is 32.2. The van der Waals surface area contributed by atoms with Gasteiger partial charge in [-0.05, 0) is 49.5 Å². The van der Waals surface area contributed by atoms with Gasteiger partial charge >= 0.3 is 5.97 Å². The SMILES string of the molecule is CCCCCCC1=CC(NC2CCC(n3cncn3)CC2)=C(C(=O)OC)[SH]1C1=NCCS1. The number of esters is 1. The van der Waals surface area contributed by atoms with Crippen LogP contribution in [-0.4, -0.2) is 50.6 Å². The van der Waals surface area contributed by atoms with Gasteiger partial charge in [-0.2, -0.15) is 5.10 Å². The molecule has 32 heavy (non-hydrogen) atoms. The van der Waals surface area contributed by atoms with Crippen molar-refractivity contribution in [1.29, 1.82) is 0 Å². The Labute approximate surface area is 197 Å². The average Bonchev–Trinajstić information content (AvgIpc) is 3.58. The van der Waals surface area contributed by atoms with Gasteiger partial charge in [0.15, 0.2) is 0 Å². The molecule has 4 rings (SSSR count). The Morgan fingerprint density at radius 1 is 1.28 bits per heavy atom. The van der Waals surface area contributed by atoms with Gasteiger partial charge in [0.2, 0.25) is 0 Å². The number of aromatic nitrogens is 3. The van der Waals surface area contributed by atoms with Crippen molar-refractivity contribution in [2.45, 2.75) is 76.8 Å². The molecule has 0 saturated heterocycles. The van der Waals surface area contributed by atoms with Gasteiger partial charge in [0, 0.05) is 11.8 Å². The number of methoxy groups -OCH3 is 1. The Hall–Kier alpha value is -1.74. The van der Waals surface area contributed by atoms with Crippen LogP contribution in [0.15, 0.2) is 39.2 Å². The number of rotatable bonds is 9. The Morgan fingerprint density at radius 2 is 2.12 bits per heavy atom. The molecule has 9 heteroatoms. The maximum atomic E-state index is 12.9. The molecule has 1 atom stereocenters. The zero-order chi connectivity index (χ0) is 22.3. The summed E-state index contributed by atoms with van der Waals surface area (Å²) in [7, 11) is 0.643. The van der Waals surface area contributed by atoms with E-state index < -0.39 is 10.9 Å². The van der Waals surface area contributed by atoms with Crippen LogP contribution in [0.4, 0.5) is 0 Å². The number of ether oxygens (including phenoxy) is 1. The number of carbonyl (C=O) groups is 1. The van der Waals surface area contributed by atoms with E-state index in [1.807, 2.05) is 22.8 Å². The lowest BCUT2D eigenvalue weighted by Crippen LogP contribution is -2.33. The molecule has 3 aliphatic rings. The molecule has 1 unspecified atom stereocenters. The highest BCUT2D eigenvalue weighted by molar-refractivity contribution is 8.51. The summed E-state index contributed by atoms with van der Waals surface area (Å²) in [5.74, 6) is 0.811. The fraction of sp³-hybridized carbons (Fsp3) is 0.652. The second-order valence-electron chi connectivity index (χ2n) is 8.57. The lowest BCUT2D eigenvalue weighted by molar-refractivity contribution is -0.135. The van der Waals surface area contributed by atoms with Crippen LogP contribution in [0.5, 0.6) is 0 Å². The first-order chi connectivity index (χ1) is 15.7. The Balaban J connectivity index is 1.50. The van der Waals surface area contributed by atoms with Crippen molar-refractivity contribution in [3.63, 3.8) is 0 Å². The molecule has 176 valence electrons. The van der Waals surface area contributed by atoms with E-state index in [9.17, 15) is 4.79 Å². The number of carbonyl (C=O) groups excluding carboxylic acids is 1. The van der Waals surface area contributed by atoms with Gasteiger partial charge in [-0.3, -0.25) is 4.99 Å². The molecule has 7 nitrogen and oxygen atoms in total. The number of hydrogen-bond acceptors (Lipinski definition) is 7. The minimum atomic E-state index is -0.850. The Kier molecular flexibility index (Phi) is 8.35. The summed E-state index contributed by atoms with van der Waals surface area (Å²) in [5.41, 5.74) is 0.979. The second kappa shape index (κ2) is 11.4. The topological polar surface area (TPSA) is 81.4 Å². The van der Waals surface area contributed by atoms with Gasteiger partial charge < -0.3 is 10.1 Å². The maximum absolute atomic E-state index is 12.9. The van der Waals surface area contributed by atoms with Crippen molar-refractivity contribution >= 4 is 33.0 Å². The minimum absolute atomic E-state index is 0.204. The zero-order valence-electron chi connectivity index (χ0n) is 19.1. The molecule has 2 aliphatic heterocycles. The third kappa shape index (κ3) is 5.42. The lowest BCUT2D eigenvalue weighted by Gasteiger charge is -2.30. The molecule has 1 aliphatic carbocycles. The van der Waals surface area contributed by atoms with Crippen molar-refractivity contribution < 1.29 is 9.53 Å². The van der Waals surface area contributed by atoms with Crippen LogP contribution < -0.4 is 5.32 Å². The van der Waals surface area contributed by atoms with Crippen molar-refractivity contribution in [2.75, 3.05) is 19.4 Å². The van der Waals surface area contributed by atoms with Crippen molar-refractivity contribution in [3.8, 4) is 0 Å². The summed E-state index contributed by atoms with van der Waals surface area (Å²) in [6, 6.07) is 0.773. The lowest BCUT2D eigenvalue weighted by atomic mass is 9.91. The number of aliphatic imine (C=N–C) groups is 1. The van der Waals surface area contributed by atoms with E-state index in [1.54, 1.807) is 6.33 Å². The normalized spacial score (nSPS) is 26.8. The van der Waals surface area contributed by atoms with Crippen molar-refractivity contribution in [2.24, 2.45) is 4.99 Å². The molecular formula is C23H35N5O2S2. The number of hydrogen-bond donors (Lipinski definition) is 2. The summed E-state index contributed by atoms with van der Waals surface area (Å²) < 4.78 is 8.39. The molecule has 1 fully saturated rings. The van der Waals surface area contributed by atoms with Crippen LogP contribution in [-0.2, 0) is 9.53 Å². The highest BCUT2D eigenvalue weighted by Gasteiger charge is 2.36. The number of nitrogens with one attached hydrogen (secondary N) is 1. The molecule has 0 radical (unpaired) electrons. The van der Waals surface area contributed by atoms with Gasteiger partial charge in [-0.25, -0.2) is 14.5 Å². The first-order valence-corrected chi connectivity index (χ1v) is 14.1. The molecule has 0 amide bonds. The quantitative estimate of drug-likeness (QED) is 0.305. The Bertz CT molecular complexity index is 873. The molecule has 1 saturated carbocycles. The van der Waals surface area contributed by atoms with Gasteiger partial charge in [-0.15, -0.1) is 10.9 Å². The van der Waals surface area contributed by atoms with Crippen LogP contribution in [0.1, 0.15) is 70.8 Å². The number of thiol groups is 1. The van der Waals surface area contributed by atoms with Crippen LogP contribution in [0.3, 0.4) is 0 Å². The molecule has 0 spiro atoms. The van der Waals surface area contributed by atoms with E-state index >= 15 is 0 Å². The maximum Gasteiger partial charge on any atom is 0.345 e. The number of unbranched alkanes of at least 4 members (excludes halogenated alkanes) is 3. The second-order valence-corrected chi connectivity index (χ2v) is 12.1. The van der Waals surface area contributed by atoms with E-state index in [1.165, 1.54) is 37.7 Å². The standard InChI is InChI=1S/C23H35N5O2S2/c1-3-4-5-6-7-19-14-20(21(22(29)30-2)32(19)23-25-12-13-31-23)27-17-8-10-18(11-9-17)28-16-24-15-26-28/h14-18,27,32H,3-13H2,1-2H3. The van der Waals surface area contributed by atoms with Crippen LogP contribution >= 0.6 is 22.7 Å². The average molecular weight is 478 g/mol. The van der Waals surface area contributed by atoms with E-state index in [0.29, 0.717) is 12.1 Å². The number of allylic oxidation sites excluding steroid dienone is 2. The van der Waals surface area contributed by atoms with E-state index in [0.717, 1.165) is 59.4 Å². The highest BCUT2D eigenvalue weighted by Crippen LogP contribution is 2.56. The van der Waals surface area contributed by atoms with E-state index in [-0.39, 0.29) is 5.97 Å². The van der Waals surface area contributed by atoms with Gasteiger partial charge in [0.05, 0.1) is 25.4 Å². The molecule has 0 aromatic carbocycles. The fourth-order valence-corrected chi connectivity index (χ4v) is 8.89.